The molecule has 0 aliphatic rings. The first-order valence-corrected chi connectivity index (χ1v) is 7.96. The second kappa shape index (κ2) is 7.96. The molecule has 1 amide bonds. The SMILES string of the molecule is CCSc1ccccc1NC(=O)COc1ccccc1Cl. The molecule has 2 aromatic rings. The summed E-state index contributed by atoms with van der Waals surface area (Å²) in [4.78, 5) is 13.0. The number of thioether (sulfide) groups is 1. The number of amides is 1. The predicted molar refractivity (Wildman–Crippen MR) is 88.4 cm³/mol. The predicted octanol–water partition coefficient (Wildman–Crippen LogP) is 4.47. The molecule has 2 rings (SSSR count). The summed E-state index contributed by atoms with van der Waals surface area (Å²) in [5, 5.41) is 3.35. The molecular weight excluding hydrogens is 306 g/mol. The Morgan fingerprint density at radius 2 is 1.90 bits per heavy atom. The second-order valence-corrected chi connectivity index (χ2v) is 5.91. The van der Waals surface area contributed by atoms with Crippen LogP contribution in [0.1, 0.15) is 6.92 Å². The lowest BCUT2D eigenvalue weighted by atomic mass is 10.3. The van der Waals surface area contributed by atoms with Crippen molar-refractivity contribution in [2.45, 2.75) is 11.8 Å². The molecule has 1 N–H and O–H groups in total. The maximum absolute atomic E-state index is 12.0. The molecule has 0 radical (unpaired) electrons. The third-order valence-electron chi connectivity index (χ3n) is 2.66. The van der Waals surface area contributed by atoms with Crippen molar-refractivity contribution in [2.75, 3.05) is 17.7 Å². The third kappa shape index (κ3) is 4.69. The van der Waals surface area contributed by atoms with Gasteiger partial charge in [0, 0.05) is 4.90 Å². The zero-order chi connectivity index (χ0) is 15.1. The number of hydrogen-bond acceptors (Lipinski definition) is 3. The molecule has 0 heterocycles. The molecule has 5 heteroatoms. The fourth-order valence-corrected chi connectivity index (χ4v) is 2.69. The zero-order valence-electron chi connectivity index (χ0n) is 11.6. The zero-order valence-corrected chi connectivity index (χ0v) is 13.2. The van der Waals surface area contributed by atoms with Crippen LogP contribution >= 0.6 is 23.4 Å². The summed E-state index contributed by atoms with van der Waals surface area (Å²) in [6.07, 6.45) is 0. The lowest BCUT2D eigenvalue weighted by Gasteiger charge is -2.11. The molecule has 0 saturated heterocycles. The highest BCUT2D eigenvalue weighted by Gasteiger charge is 2.08. The molecule has 0 atom stereocenters. The minimum absolute atomic E-state index is 0.0745. The first-order chi connectivity index (χ1) is 10.2. The maximum Gasteiger partial charge on any atom is 0.262 e. The monoisotopic (exact) mass is 321 g/mol. The van der Waals surface area contributed by atoms with E-state index in [1.54, 1.807) is 23.9 Å². The summed E-state index contributed by atoms with van der Waals surface area (Å²) in [6, 6.07) is 14.8. The number of nitrogens with one attached hydrogen (secondary N) is 1. The van der Waals surface area contributed by atoms with Gasteiger partial charge in [0.15, 0.2) is 6.61 Å². The molecule has 2 aromatic carbocycles. The number of anilines is 1. The Labute approximate surface area is 133 Å². The smallest absolute Gasteiger partial charge is 0.262 e. The summed E-state index contributed by atoms with van der Waals surface area (Å²) >= 11 is 7.66. The van der Waals surface area contributed by atoms with Gasteiger partial charge in [0.1, 0.15) is 5.75 Å². The van der Waals surface area contributed by atoms with E-state index < -0.39 is 0 Å². The van der Waals surface area contributed by atoms with Gasteiger partial charge >= 0.3 is 0 Å². The Morgan fingerprint density at radius 1 is 1.19 bits per heavy atom. The van der Waals surface area contributed by atoms with E-state index in [1.165, 1.54) is 0 Å². The van der Waals surface area contributed by atoms with Gasteiger partial charge in [0.2, 0.25) is 0 Å². The van der Waals surface area contributed by atoms with Crippen LogP contribution in [0.4, 0.5) is 5.69 Å². The van der Waals surface area contributed by atoms with Gasteiger partial charge in [-0.25, -0.2) is 0 Å². The van der Waals surface area contributed by atoms with E-state index >= 15 is 0 Å². The van der Waals surface area contributed by atoms with Crippen LogP contribution in [0.2, 0.25) is 5.02 Å². The van der Waals surface area contributed by atoms with Crippen molar-refractivity contribution >= 4 is 35.0 Å². The fourth-order valence-electron chi connectivity index (χ4n) is 1.74. The lowest BCUT2D eigenvalue weighted by molar-refractivity contribution is -0.118. The molecule has 0 aliphatic carbocycles. The summed E-state index contributed by atoms with van der Waals surface area (Å²) < 4.78 is 5.42. The van der Waals surface area contributed by atoms with E-state index in [9.17, 15) is 4.79 Å². The quantitative estimate of drug-likeness (QED) is 0.798. The summed E-state index contributed by atoms with van der Waals surface area (Å²) in [7, 11) is 0. The molecule has 110 valence electrons. The van der Waals surface area contributed by atoms with Gasteiger partial charge in [0.05, 0.1) is 10.7 Å². The number of ether oxygens (including phenoxy) is 1. The number of para-hydroxylation sites is 2. The topological polar surface area (TPSA) is 38.3 Å². The number of benzene rings is 2. The third-order valence-corrected chi connectivity index (χ3v) is 3.92. The number of rotatable bonds is 6. The number of carbonyl (C=O) groups is 1. The Bertz CT molecular complexity index is 619. The minimum Gasteiger partial charge on any atom is -0.482 e. The van der Waals surface area contributed by atoms with Crippen molar-refractivity contribution in [1.82, 2.24) is 0 Å². The van der Waals surface area contributed by atoms with Crippen molar-refractivity contribution in [2.24, 2.45) is 0 Å². The highest BCUT2D eigenvalue weighted by molar-refractivity contribution is 7.99. The van der Waals surface area contributed by atoms with E-state index in [4.69, 9.17) is 16.3 Å². The van der Waals surface area contributed by atoms with E-state index in [1.807, 2.05) is 36.4 Å². The highest BCUT2D eigenvalue weighted by Crippen LogP contribution is 2.27. The van der Waals surface area contributed by atoms with Crippen LogP contribution in [0.5, 0.6) is 5.75 Å². The fraction of sp³-hybridized carbons (Fsp3) is 0.188. The summed E-state index contributed by atoms with van der Waals surface area (Å²) in [5.74, 6) is 1.24. The summed E-state index contributed by atoms with van der Waals surface area (Å²) in [5.41, 5.74) is 0.803. The molecule has 0 spiro atoms. The normalized spacial score (nSPS) is 10.2. The van der Waals surface area contributed by atoms with Gasteiger partial charge in [0.25, 0.3) is 5.91 Å². The molecule has 3 nitrogen and oxygen atoms in total. The van der Waals surface area contributed by atoms with Crippen LogP contribution in [0.15, 0.2) is 53.4 Å². The van der Waals surface area contributed by atoms with Gasteiger partial charge in [-0.2, -0.15) is 0 Å². The molecule has 0 unspecified atom stereocenters. The van der Waals surface area contributed by atoms with E-state index in [0.717, 1.165) is 16.3 Å². The van der Waals surface area contributed by atoms with Gasteiger partial charge in [-0.05, 0) is 30.0 Å². The van der Waals surface area contributed by atoms with Crippen LogP contribution in [-0.2, 0) is 4.79 Å². The number of hydrogen-bond donors (Lipinski definition) is 1. The molecular formula is C16H16ClNO2S. The minimum atomic E-state index is -0.209. The molecule has 0 aromatic heterocycles. The van der Waals surface area contributed by atoms with Crippen LogP contribution < -0.4 is 10.1 Å². The number of carbonyl (C=O) groups excluding carboxylic acids is 1. The standard InChI is InChI=1S/C16H16ClNO2S/c1-2-21-15-10-6-4-8-13(15)18-16(19)11-20-14-9-5-3-7-12(14)17/h3-10H,2,11H2,1H3,(H,18,19). The highest BCUT2D eigenvalue weighted by atomic mass is 35.5. The van der Waals surface area contributed by atoms with Crippen molar-refractivity contribution in [3.05, 3.63) is 53.6 Å². The molecule has 0 fully saturated rings. The van der Waals surface area contributed by atoms with Crippen LogP contribution in [0.25, 0.3) is 0 Å². The van der Waals surface area contributed by atoms with E-state index in [-0.39, 0.29) is 12.5 Å². The van der Waals surface area contributed by atoms with E-state index in [2.05, 4.69) is 12.2 Å². The average molecular weight is 322 g/mol. The van der Waals surface area contributed by atoms with Crippen LogP contribution in [0, 0.1) is 0 Å². The first-order valence-electron chi connectivity index (χ1n) is 6.59. The van der Waals surface area contributed by atoms with Crippen molar-refractivity contribution < 1.29 is 9.53 Å². The average Bonchev–Trinajstić information content (AvgIpc) is 2.49. The molecule has 0 bridgehead atoms. The van der Waals surface area contributed by atoms with Crippen LogP contribution in [0.3, 0.4) is 0 Å². The van der Waals surface area contributed by atoms with Crippen molar-refractivity contribution in [3.8, 4) is 5.75 Å². The number of halogens is 1. The largest absolute Gasteiger partial charge is 0.482 e. The second-order valence-electron chi connectivity index (χ2n) is 4.20. The lowest BCUT2D eigenvalue weighted by Crippen LogP contribution is -2.20. The molecule has 21 heavy (non-hydrogen) atoms. The Balaban J connectivity index is 1.95. The van der Waals surface area contributed by atoms with Crippen LogP contribution in [-0.4, -0.2) is 18.3 Å². The molecule has 0 saturated carbocycles. The van der Waals surface area contributed by atoms with Gasteiger partial charge in [-0.1, -0.05) is 42.8 Å². The Hall–Kier alpha value is -1.65. The maximum atomic E-state index is 12.0. The van der Waals surface area contributed by atoms with Crippen molar-refractivity contribution in [1.29, 1.82) is 0 Å². The summed E-state index contributed by atoms with van der Waals surface area (Å²) in [6.45, 7) is 2.00. The molecule has 0 aliphatic heterocycles. The van der Waals surface area contributed by atoms with Gasteiger partial charge < -0.3 is 10.1 Å². The van der Waals surface area contributed by atoms with Gasteiger partial charge in [-0.3, -0.25) is 4.79 Å². The van der Waals surface area contributed by atoms with E-state index in [0.29, 0.717) is 10.8 Å². The Kier molecular flexibility index (Phi) is 5.96. The van der Waals surface area contributed by atoms with Gasteiger partial charge in [-0.15, -0.1) is 11.8 Å². The van der Waals surface area contributed by atoms with Crippen molar-refractivity contribution in [3.63, 3.8) is 0 Å². The Morgan fingerprint density at radius 3 is 2.67 bits per heavy atom. The first kappa shape index (κ1) is 15.7.